The van der Waals surface area contributed by atoms with E-state index < -0.39 is 5.97 Å². The van der Waals surface area contributed by atoms with Crippen LogP contribution in [0.1, 0.15) is 43.3 Å². The van der Waals surface area contributed by atoms with Crippen molar-refractivity contribution in [3.63, 3.8) is 0 Å². The molecule has 1 fully saturated rings. The third-order valence-electron chi connectivity index (χ3n) is 8.61. The number of benzene rings is 3. The number of carbonyl (C=O) groups excluding carboxylic acids is 1. The summed E-state index contributed by atoms with van der Waals surface area (Å²) in [6.07, 6.45) is 1.89. The van der Waals surface area contributed by atoms with Crippen molar-refractivity contribution in [2.45, 2.75) is 25.8 Å². The van der Waals surface area contributed by atoms with Crippen LogP contribution in [-0.2, 0) is 24.1 Å². The van der Waals surface area contributed by atoms with Gasteiger partial charge in [0.25, 0.3) is 5.91 Å². The van der Waals surface area contributed by atoms with Gasteiger partial charge in [0.1, 0.15) is 18.1 Å². The first-order valence-electron chi connectivity index (χ1n) is 16.4. The lowest BCUT2D eigenvalue weighted by molar-refractivity contribution is 0.0322. The van der Waals surface area contributed by atoms with E-state index in [2.05, 4.69) is 25.1 Å². The van der Waals surface area contributed by atoms with Gasteiger partial charge in [0, 0.05) is 43.2 Å². The summed E-state index contributed by atoms with van der Waals surface area (Å²) in [5.41, 5.74) is 3.53. The molecule has 0 spiro atoms. The van der Waals surface area contributed by atoms with Crippen LogP contribution in [0.3, 0.4) is 0 Å². The molecule has 2 aliphatic heterocycles. The van der Waals surface area contributed by atoms with Gasteiger partial charge in [-0.15, -0.1) is 11.3 Å². The van der Waals surface area contributed by atoms with Crippen molar-refractivity contribution in [2.75, 3.05) is 62.8 Å². The number of morpholine rings is 1. The maximum Gasteiger partial charge on any atom is 0.355 e. The quantitative estimate of drug-likeness (QED) is 0.142. The Balaban J connectivity index is 0.940. The van der Waals surface area contributed by atoms with Crippen LogP contribution in [0.25, 0.3) is 10.2 Å². The summed E-state index contributed by atoms with van der Waals surface area (Å²) in [5.74, 6) is 0.273. The fraction of sp³-hybridized carbons (Fsp3) is 0.333. The molecule has 0 saturated carbocycles. The van der Waals surface area contributed by atoms with E-state index in [4.69, 9.17) is 14.2 Å². The monoisotopic (exact) mass is 699 g/mol. The van der Waals surface area contributed by atoms with Gasteiger partial charge in [0.05, 0.1) is 30.0 Å². The Morgan fingerprint density at radius 3 is 2.45 bits per heavy atom. The van der Waals surface area contributed by atoms with Gasteiger partial charge in [-0.1, -0.05) is 35.6 Å². The van der Waals surface area contributed by atoms with Crippen molar-refractivity contribution in [1.82, 2.24) is 14.9 Å². The fourth-order valence-electron chi connectivity index (χ4n) is 6.03. The van der Waals surface area contributed by atoms with Crippen molar-refractivity contribution < 1.29 is 28.9 Å². The summed E-state index contributed by atoms with van der Waals surface area (Å²) >= 11 is 2.84. The highest BCUT2D eigenvalue weighted by molar-refractivity contribution is 7.22. The number of thiazole rings is 2. The lowest BCUT2D eigenvalue weighted by atomic mass is 9.94. The van der Waals surface area contributed by atoms with Gasteiger partial charge >= 0.3 is 5.97 Å². The topological polar surface area (TPSA) is 126 Å². The Morgan fingerprint density at radius 2 is 1.67 bits per heavy atom. The molecule has 49 heavy (non-hydrogen) atoms. The van der Waals surface area contributed by atoms with Crippen molar-refractivity contribution in [1.29, 1.82) is 0 Å². The molecule has 7 rings (SSSR count). The van der Waals surface area contributed by atoms with Crippen LogP contribution in [0, 0.1) is 0 Å². The number of aromatic carboxylic acids is 1. The molecule has 254 valence electrons. The lowest BCUT2D eigenvalue weighted by Crippen LogP contribution is -2.38. The molecule has 0 bridgehead atoms. The first-order valence-corrected chi connectivity index (χ1v) is 18.0. The van der Waals surface area contributed by atoms with Crippen molar-refractivity contribution >= 4 is 55.0 Å². The minimum atomic E-state index is -1.05. The van der Waals surface area contributed by atoms with Gasteiger partial charge in [0.15, 0.2) is 16.0 Å². The first kappa shape index (κ1) is 33.0. The average Bonchev–Trinajstić information content (AvgIpc) is 3.75. The Morgan fingerprint density at radius 1 is 0.898 bits per heavy atom. The normalized spacial score (nSPS) is 14.8. The number of rotatable bonds is 13. The van der Waals surface area contributed by atoms with Crippen LogP contribution in [0.4, 0.5) is 10.3 Å². The van der Waals surface area contributed by atoms with E-state index in [1.165, 1.54) is 22.7 Å². The van der Waals surface area contributed by atoms with Gasteiger partial charge in [-0.3, -0.25) is 15.0 Å². The smallest absolute Gasteiger partial charge is 0.355 e. The Bertz CT molecular complexity index is 1890. The standard InChI is InChI=1S/C36H37N5O6S2/c42-33(39-35-37-29-7-1-2-8-30(29)48-35)27-6-3-5-24-14-15-41(23-28(24)27)36-38-32(34(43)44)31(49-36)9-4-19-46-25-10-12-26(13-11-25)47-22-18-40-16-20-45-21-17-40/h1-3,5-8,10-13H,4,9,14-23H2,(H,43,44)(H,37,39,42). The maximum atomic E-state index is 13.4. The number of carbonyl (C=O) groups is 2. The lowest BCUT2D eigenvalue weighted by Gasteiger charge is -2.29. The predicted molar refractivity (Wildman–Crippen MR) is 191 cm³/mol. The number of para-hydroxylation sites is 1. The van der Waals surface area contributed by atoms with Crippen molar-refractivity contribution in [3.8, 4) is 11.5 Å². The number of anilines is 2. The zero-order chi connectivity index (χ0) is 33.6. The summed E-state index contributed by atoms with van der Waals surface area (Å²) in [4.78, 5) is 39.8. The summed E-state index contributed by atoms with van der Waals surface area (Å²) in [7, 11) is 0. The van der Waals surface area contributed by atoms with Crippen LogP contribution in [0.2, 0.25) is 0 Å². The third-order valence-corrected chi connectivity index (χ3v) is 10.7. The molecular formula is C36H37N5O6S2. The van der Waals surface area contributed by atoms with Crippen LogP contribution in [0.5, 0.6) is 11.5 Å². The fourth-order valence-corrected chi connectivity index (χ4v) is 8.01. The molecule has 5 aromatic rings. The molecule has 11 nitrogen and oxygen atoms in total. The first-order chi connectivity index (χ1) is 24.0. The minimum absolute atomic E-state index is 0.0752. The number of aryl methyl sites for hydroxylation is 1. The zero-order valence-electron chi connectivity index (χ0n) is 26.9. The van der Waals surface area contributed by atoms with Gasteiger partial charge in [-0.05, 0) is 72.9 Å². The molecule has 1 amide bonds. The molecule has 1 saturated heterocycles. The molecule has 2 aliphatic rings. The summed E-state index contributed by atoms with van der Waals surface area (Å²) in [6, 6.07) is 21.1. The van der Waals surface area contributed by atoms with Gasteiger partial charge in [0.2, 0.25) is 0 Å². The summed E-state index contributed by atoms with van der Waals surface area (Å²) in [5, 5.41) is 14.1. The van der Waals surface area contributed by atoms with Crippen LogP contribution in [0.15, 0.2) is 66.7 Å². The molecule has 0 atom stereocenters. The number of aromatic nitrogens is 2. The number of amides is 1. The highest BCUT2D eigenvalue weighted by atomic mass is 32.1. The number of nitrogens with zero attached hydrogens (tertiary/aromatic N) is 4. The number of carboxylic acid groups (broad SMARTS) is 1. The van der Waals surface area contributed by atoms with E-state index in [0.29, 0.717) is 59.8 Å². The van der Waals surface area contributed by atoms with E-state index in [9.17, 15) is 14.7 Å². The van der Waals surface area contributed by atoms with Crippen LogP contribution < -0.4 is 19.7 Å². The zero-order valence-corrected chi connectivity index (χ0v) is 28.6. The van der Waals surface area contributed by atoms with Gasteiger partial charge in [-0.25, -0.2) is 14.8 Å². The Hall–Kier alpha value is -4.56. The largest absolute Gasteiger partial charge is 0.494 e. The van der Waals surface area contributed by atoms with Gasteiger partial charge in [-0.2, -0.15) is 0 Å². The number of hydrogen-bond acceptors (Lipinski definition) is 11. The third kappa shape index (κ3) is 8.02. The maximum absolute atomic E-state index is 13.4. The number of hydrogen-bond donors (Lipinski definition) is 2. The molecule has 0 aliphatic carbocycles. The van der Waals surface area contributed by atoms with E-state index in [1.807, 2.05) is 66.7 Å². The molecule has 4 heterocycles. The molecule has 0 unspecified atom stereocenters. The number of nitrogens with one attached hydrogen (secondary N) is 1. The molecule has 2 N–H and O–H groups in total. The number of fused-ring (bicyclic) bond motifs is 2. The second kappa shape index (κ2) is 15.3. The number of ether oxygens (including phenoxy) is 3. The Kier molecular flexibility index (Phi) is 10.3. The molecule has 2 aromatic heterocycles. The molecule has 13 heteroatoms. The second-order valence-electron chi connectivity index (χ2n) is 11.9. The van der Waals surface area contributed by atoms with E-state index >= 15 is 0 Å². The average molecular weight is 700 g/mol. The molecule has 3 aromatic carbocycles. The SMILES string of the molecule is O=C(Nc1nc2ccccc2s1)c1cccc2c1CN(c1nc(C(=O)O)c(CCCOc3ccc(OCCN4CCOCC4)cc3)s1)CC2. The summed E-state index contributed by atoms with van der Waals surface area (Å²) in [6.45, 7) is 6.49. The highest BCUT2D eigenvalue weighted by Crippen LogP contribution is 2.33. The summed E-state index contributed by atoms with van der Waals surface area (Å²) < 4.78 is 18.2. The van der Waals surface area contributed by atoms with E-state index in [0.717, 1.165) is 72.1 Å². The molecule has 0 radical (unpaired) electrons. The predicted octanol–water partition coefficient (Wildman–Crippen LogP) is 5.99. The van der Waals surface area contributed by atoms with Crippen molar-refractivity contribution in [2.24, 2.45) is 0 Å². The van der Waals surface area contributed by atoms with Crippen LogP contribution in [-0.4, -0.2) is 84.5 Å². The molecular weight excluding hydrogens is 663 g/mol. The van der Waals surface area contributed by atoms with E-state index in [1.54, 1.807) is 0 Å². The highest BCUT2D eigenvalue weighted by Gasteiger charge is 2.27. The second-order valence-corrected chi connectivity index (χ2v) is 13.9. The van der Waals surface area contributed by atoms with Gasteiger partial charge < -0.3 is 24.2 Å². The van der Waals surface area contributed by atoms with Crippen molar-refractivity contribution in [3.05, 3.63) is 94.0 Å². The Labute approximate surface area is 292 Å². The van der Waals surface area contributed by atoms with Crippen LogP contribution >= 0.6 is 22.7 Å². The number of carboxylic acids is 1. The minimum Gasteiger partial charge on any atom is -0.494 e. The van der Waals surface area contributed by atoms with E-state index in [-0.39, 0.29) is 11.6 Å².